The number of thiazole rings is 1. The Bertz CT molecular complexity index is 833. The molecule has 0 radical (unpaired) electrons. The summed E-state index contributed by atoms with van der Waals surface area (Å²) in [7, 11) is 0. The quantitative estimate of drug-likeness (QED) is 0.434. The third-order valence-electron chi connectivity index (χ3n) is 3.23. The van der Waals surface area contributed by atoms with E-state index in [4.69, 9.17) is 4.99 Å². The summed E-state index contributed by atoms with van der Waals surface area (Å²) in [5.74, 6) is 0. The molecule has 0 aliphatic rings. The van der Waals surface area contributed by atoms with Crippen molar-refractivity contribution < 1.29 is 0 Å². The van der Waals surface area contributed by atoms with Crippen LogP contribution in [-0.2, 0) is 6.54 Å². The lowest BCUT2D eigenvalue weighted by Gasteiger charge is -2.06. The molecule has 0 N–H and O–H groups in total. The van der Waals surface area contributed by atoms with Gasteiger partial charge in [0.2, 0.25) is 0 Å². The monoisotopic (exact) mass is 450 g/mol. The summed E-state index contributed by atoms with van der Waals surface area (Å²) in [6.07, 6.45) is 1.90. The van der Waals surface area contributed by atoms with Crippen molar-refractivity contribution in [3.8, 4) is 11.3 Å². The fourth-order valence-electron chi connectivity index (χ4n) is 2.19. The molecule has 1 aromatic heterocycles. The number of allylic oxidation sites excluding steroid dienone is 1. The van der Waals surface area contributed by atoms with Crippen LogP contribution in [-0.4, -0.2) is 4.57 Å². The van der Waals surface area contributed by atoms with Crippen LogP contribution in [0.3, 0.4) is 0 Å². The number of nitrogens with zero attached hydrogens (tertiary/aromatic N) is 2. The molecule has 0 bridgehead atoms. The molecule has 0 atom stereocenters. The maximum atomic E-state index is 4.75. The molecular formula is C18H16Br2N2S. The van der Waals surface area contributed by atoms with Gasteiger partial charge in [-0.05, 0) is 29.8 Å². The van der Waals surface area contributed by atoms with Crippen LogP contribution in [0.5, 0.6) is 0 Å². The topological polar surface area (TPSA) is 17.3 Å². The van der Waals surface area contributed by atoms with E-state index in [0.29, 0.717) is 0 Å². The molecule has 0 saturated heterocycles. The van der Waals surface area contributed by atoms with Gasteiger partial charge in [-0.2, -0.15) is 0 Å². The summed E-state index contributed by atoms with van der Waals surface area (Å²) in [5, 5.41) is 2.15. The molecule has 1 heterocycles. The van der Waals surface area contributed by atoms with Gasteiger partial charge in [-0.15, -0.1) is 34.9 Å². The molecule has 0 aliphatic carbocycles. The van der Waals surface area contributed by atoms with Crippen molar-refractivity contribution in [2.24, 2.45) is 4.99 Å². The number of para-hydroxylation sites is 1. The third kappa shape index (κ3) is 4.31. The molecule has 2 aromatic carbocycles. The molecule has 2 nitrogen and oxygen atoms in total. The first-order chi connectivity index (χ1) is 10.8. The van der Waals surface area contributed by atoms with Crippen LogP contribution in [0.15, 0.2) is 82.1 Å². The highest BCUT2D eigenvalue weighted by Crippen LogP contribution is 2.23. The highest BCUT2D eigenvalue weighted by Gasteiger charge is 2.07. The molecule has 118 valence electrons. The lowest BCUT2D eigenvalue weighted by Crippen LogP contribution is -2.14. The normalized spacial score (nSPS) is 11.1. The van der Waals surface area contributed by atoms with Crippen LogP contribution in [0.25, 0.3) is 11.3 Å². The zero-order valence-corrected chi connectivity index (χ0v) is 16.5. The minimum Gasteiger partial charge on any atom is -0.313 e. The van der Waals surface area contributed by atoms with Crippen molar-refractivity contribution in [2.75, 3.05) is 0 Å². The van der Waals surface area contributed by atoms with Gasteiger partial charge in [0.15, 0.2) is 4.80 Å². The Kier molecular flexibility index (Phi) is 6.57. The largest absolute Gasteiger partial charge is 0.313 e. The van der Waals surface area contributed by atoms with Crippen LogP contribution >= 0.6 is 44.2 Å². The van der Waals surface area contributed by atoms with E-state index in [1.807, 2.05) is 36.4 Å². The van der Waals surface area contributed by atoms with Crippen LogP contribution in [0.2, 0.25) is 0 Å². The zero-order chi connectivity index (χ0) is 15.4. The molecule has 0 unspecified atom stereocenters. The second kappa shape index (κ2) is 8.43. The van der Waals surface area contributed by atoms with Crippen molar-refractivity contribution in [3.63, 3.8) is 0 Å². The number of hydrogen-bond acceptors (Lipinski definition) is 2. The standard InChI is InChI=1S/C18H15BrN2S.BrH/c1-2-12-21-17(14-8-10-15(19)11-9-14)13-22-18(21)20-16-6-4-3-5-7-16;/h2-11,13H,1,12H2;1H. The van der Waals surface area contributed by atoms with Gasteiger partial charge in [0.25, 0.3) is 0 Å². The number of aromatic nitrogens is 1. The second-order valence-electron chi connectivity index (χ2n) is 4.76. The summed E-state index contributed by atoms with van der Waals surface area (Å²) in [6, 6.07) is 18.3. The first-order valence-corrected chi connectivity index (χ1v) is 8.60. The minimum atomic E-state index is 0. The zero-order valence-electron chi connectivity index (χ0n) is 12.4. The van der Waals surface area contributed by atoms with E-state index < -0.39 is 0 Å². The summed E-state index contributed by atoms with van der Waals surface area (Å²) >= 11 is 5.12. The van der Waals surface area contributed by atoms with Gasteiger partial charge in [-0.25, -0.2) is 4.99 Å². The molecule has 5 heteroatoms. The Morgan fingerprint density at radius 1 is 1.09 bits per heavy atom. The van der Waals surface area contributed by atoms with Crippen molar-refractivity contribution in [1.82, 2.24) is 4.57 Å². The average Bonchev–Trinajstić information content (AvgIpc) is 2.92. The molecule has 0 fully saturated rings. The van der Waals surface area contributed by atoms with Gasteiger partial charge in [-0.1, -0.05) is 52.3 Å². The summed E-state index contributed by atoms with van der Waals surface area (Å²) in [4.78, 5) is 5.72. The molecule has 3 rings (SSSR count). The van der Waals surface area contributed by atoms with Gasteiger partial charge in [0, 0.05) is 16.4 Å². The fraction of sp³-hybridized carbons (Fsp3) is 0.0556. The average molecular weight is 452 g/mol. The first kappa shape index (κ1) is 17.9. The molecular weight excluding hydrogens is 436 g/mol. The molecule has 0 spiro atoms. The van der Waals surface area contributed by atoms with Crippen molar-refractivity contribution >= 4 is 49.9 Å². The highest BCUT2D eigenvalue weighted by molar-refractivity contribution is 9.10. The predicted octanol–water partition coefficient (Wildman–Crippen LogP) is 5.98. The Labute approximate surface area is 158 Å². The Morgan fingerprint density at radius 3 is 2.43 bits per heavy atom. The van der Waals surface area contributed by atoms with E-state index in [0.717, 1.165) is 27.2 Å². The Morgan fingerprint density at radius 2 is 1.78 bits per heavy atom. The van der Waals surface area contributed by atoms with Gasteiger partial charge in [-0.3, -0.25) is 0 Å². The van der Waals surface area contributed by atoms with Crippen LogP contribution in [0.4, 0.5) is 5.69 Å². The SMILES string of the molecule is Br.C=CCn1c(-c2ccc(Br)cc2)csc1=Nc1ccccc1. The number of hydrogen-bond donors (Lipinski definition) is 0. The summed E-state index contributed by atoms with van der Waals surface area (Å²) < 4.78 is 3.27. The molecule has 0 amide bonds. The lowest BCUT2D eigenvalue weighted by atomic mass is 10.2. The summed E-state index contributed by atoms with van der Waals surface area (Å²) in [6.45, 7) is 4.60. The predicted molar refractivity (Wildman–Crippen MR) is 108 cm³/mol. The van der Waals surface area contributed by atoms with E-state index in [1.54, 1.807) is 11.3 Å². The van der Waals surface area contributed by atoms with E-state index in [-0.39, 0.29) is 17.0 Å². The Balaban J connectivity index is 0.00000192. The first-order valence-electron chi connectivity index (χ1n) is 6.93. The van der Waals surface area contributed by atoms with E-state index in [2.05, 4.69) is 56.7 Å². The third-order valence-corrected chi connectivity index (χ3v) is 4.62. The van der Waals surface area contributed by atoms with Crippen molar-refractivity contribution in [2.45, 2.75) is 6.54 Å². The Hall–Kier alpha value is -1.43. The lowest BCUT2D eigenvalue weighted by molar-refractivity contribution is 0.800. The molecule has 3 aromatic rings. The highest BCUT2D eigenvalue weighted by atomic mass is 79.9. The minimum absolute atomic E-state index is 0. The van der Waals surface area contributed by atoms with Crippen molar-refractivity contribution in [1.29, 1.82) is 0 Å². The maximum absolute atomic E-state index is 4.75. The molecule has 23 heavy (non-hydrogen) atoms. The van der Waals surface area contributed by atoms with Crippen LogP contribution < -0.4 is 4.80 Å². The van der Waals surface area contributed by atoms with Crippen molar-refractivity contribution in [3.05, 3.63) is 81.9 Å². The van der Waals surface area contributed by atoms with Crippen LogP contribution in [0, 0.1) is 0 Å². The molecule has 0 aliphatic heterocycles. The maximum Gasteiger partial charge on any atom is 0.190 e. The van der Waals surface area contributed by atoms with Gasteiger partial charge in [0.05, 0.1) is 11.4 Å². The van der Waals surface area contributed by atoms with Gasteiger partial charge < -0.3 is 4.57 Å². The van der Waals surface area contributed by atoms with E-state index >= 15 is 0 Å². The number of halogens is 2. The number of rotatable bonds is 4. The smallest absolute Gasteiger partial charge is 0.190 e. The van der Waals surface area contributed by atoms with Gasteiger partial charge in [0.1, 0.15) is 0 Å². The van der Waals surface area contributed by atoms with E-state index in [1.165, 1.54) is 5.56 Å². The van der Waals surface area contributed by atoms with Gasteiger partial charge >= 0.3 is 0 Å². The second-order valence-corrected chi connectivity index (χ2v) is 6.51. The number of benzene rings is 2. The fourth-order valence-corrected chi connectivity index (χ4v) is 3.39. The summed E-state index contributed by atoms with van der Waals surface area (Å²) in [5.41, 5.74) is 3.30. The van der Waals surface area contributed by atoms with E-state index in [9.17, 15) is 0 Å². The van der Waals surface area contributed by atoms with Crippen LogP contribution in [0.1, 0.15) is 0 Å². The molecule has 0 saturated carbocycles.